The topological polar surface area (TPSA) is 44.9 Å². The van der Waals surface area contributed by atoms with Crippen molar-refractivity contribution in [1.29, 1.82) is 0 Å². The summed E-state index contributed by atoms with van der Waals surface area (Å²) in [5.74, 6) is 0. The van der Waals surface area contributed by atoms with Gasteiger partial charge in [0, 0.05) is 16.6 Å². The fourth-order valence-corrected chi connectivity index (χ4v) is 3.18. The molecule has 0 saturated heterocycles. The number of aromatic amines is 1. The Kier molecular flexibility index (Phi) is 2.27. The second kappa shape index (κ2) is 3.21. The van der Waals surface area contributed by atoms with E-state index in [1.54, 1.807) is 0 Å². The predicted molar refractivity (Wildman–Crippen MR) is 58.8 cm³/mol. The molecule has 0 aromatic carbocycles. The molecule has 0 fully saturated rings. The summed E-state index contributed by atoms with van der Waals surface area (Å²) in [6.45, 7) is 4.49. The van der Waals surface area contributed by atoms with Gasteiger partial charge in [0.1, 0.15) is 0 Å². The maximum atomic E-state index is 11.3. The van der Waals surface area contributed by atoms with Gasteiger partial charge in [-0.2, -0.15) is 0 Å². The quantitative estimate of drug-likeness (QED) is 0.743. The van der Waals surface area contributed by atoms with E-state index in [1.165, 1.54) is 16.2 Å². The average Bonchev–Trinajstić information content (AvgIpc) is 2.41. The fourth-order valence-electron chi connectivity index (χ4n) is 2.21. The molecule has 1 aromatic rings. The molecule has 2 rings (SSSR count). The van der Waals surface area contributed by atoms with Crippen molar-refractivity contribution in [1.82, 2.24) is 10.3 Å². The number of nitrogens with one attached hydrogen (secondary N) is 2. The molecular weight excluding hydrogens is 196 g/mol. The molecule has 78 valence electrons. The van der Waals surface area contributed by atoms with Crippen molar-refractivity contribution >= 4 is 11.3 Å². The van der Waals surface area contributed by atoms with Gasteiger partial charge in [-0.3, -0.25) is 4.79 Å². The van der Waals surface area contributed by atoms with Crippen LogP contribution in [0.25, 0.3) is 0 Å². The zero-order chi connectivity index (χ0) is 10.3. The Balaban J connectivity index is 2.45. The van der Waals surface area contributed by atoms with E-state index in [-0.39, 0.29) is 10.3 Å². The van der Waals surface area contributed by atoms with Crippen LogP contribution < -0.4 is 10.2 Å². The first-order valence-corrected chi connectivity index (χ1v) is 5.73. The molecule has 1 atom stereocenters. The Hall–Kier alpha value is -0.610. The summed E-state index contributed by atoms with van der Waals surface area (Å²) in [6.07, 6.45) is 2.09. The Labute approximate surface area is 87.6 Å². The largest absolute Gasteiger partial charge is 0.316 e. The Bertz CT molecular complexity index is 391. The van der Waals surface area contributed by atoms with Crippen molar-refractivity contribution in [3.63, 3.8) is 0 Å². The molecule has 0 amide bonds. The number of H-pyrrole nitrogens is 1. The van der Waals surface area contributed by atoms with Gasteiger partial charge >= 0.3 is 4.87 Å². The zero-order valence-electron chi connectivity index (χ0n) is 8.81. The fraction of sp³-hybridized carbons (Fsp3) is 0.700. The van der Waals surface area contributed by atoms with Crippen LogP contribution in [0.3, 0.4) is 0 Å². The molecule has 0 radical (unpaired) electrons. The first kappa shape index (κ1) is 9.93. The summed E-state index contributed by atoms with van der Waals surface area (Å²) in [5, 5.41) is 3.28. The van der Waals surface area contributed by atoms with Gasteiger partial charge in [-0.1, -0.05) is 25.2 Å². The van der Waals surface area contributed by atoms with Crippen molar-refractivity contribution in [2.75, 3.05) is 7.05 Å². The first-order chi connectivity index (χ1) is 6.52. The highest BCUT2D eigenvalue weighted by Crippen LogP contribution is 2.40. The highest BCUT2D eigenvalue weighted by molar-refractivity contribution is 7.09. The van der Waals surface area contributed by atoms with Gasteiger partial charge in [0.2, 0.25) is 0 Å². The van der Waals surface area contributed by atoms with Gasteiger partial charge < -0.3 is 10.3 Å². The first-order valence-electron chi connectivity index (χ1n) is 4.91. The normalized spacial score (nSPS) is 24.6. The number of hydrogen-bond donors (Lipinski definition) is 2. The number of thiazole rings is 1. The number of aromatic nitrogens is 1. The molecule has 1 aromatic heterocycles. The second-order valence-electron chi connectivity index (χ2n) is 4.74. The third-order valence-corrected chi connectivity index (χ3v) is 3.87. The lowest BCUT2D eigenvalue weighted by molar-refractivity contribution is 0.265. The molecule has 0 aliphatic heterocycles. The van der Waals surface area contributed by atoms with Crippen LogP contribution in [0.15, 0.2) is 4.79 Å². The monoisotopic (exact) mass is 212 g/mol. The highest BCUT2D eigenvalue weighted by atomic mass is 32.1. The lowest BCUT2D eigenvalue weighted by Crippen LogP contribution is -2.30. The van der Waals surface area contributed by atoms with E-state index in [0.29, 0.717) is 6.04 Å². The molecule has 1 aliphatic carbocycles. The van der Waals surface area contributed by atoms with E-state index in [9.17, 15) is 4.79 Å². The molecule has 0 bridgehead atoms. The smallest absolute Gasteiger partial charge is 0.304 e. The third-order valence-electron chi connectivity index (χ3n) is 2.83. The number of fused-ring (bicyclic) bond motifs is 1. The van der Waals surface area contributed by atoms with Crippen molar-refractivity contribution in [2.45, 2.75) is 32.7 Å². The summed E-state index contributed by atoms with van der Waals surface area (Å²) < 4.78 is 0. The minimum atomic E-state index is 0.0768. The van der Waals surface area contributed by atoms with Gasteiger partial charge in [0.15, 0.2) is 0 Å². The van der Waals surface area contributed by atoms with E-state index in [2.05, 4.69) is 24.1 Å². The third kappa shape index (κ3) is 1.64. The van der Waals surface area contributed by atoms with Crippen LogP contribution in [0.2, 0.25) is 0 Å². The van der Waals surface area contributed by atoms with Crippen LogP contribution in [-0.4, -0.2) is 12.0 Å². The van der Waals surface area contributed by atoms with E-state index in [4.69, 9.17) is 0 Å². The van der Waals surface area contributed by atoms with Gasteiger partial charge in [-0.15, -0.1) is 0 Å². The lowest BCUT2D eigenvalue weighted by atomic mass is 9.76. The van der Waals surface area contributed by atoms with Crippen molar-refractivity contribution in [3.8, 4) is 0 Å². The van der Waals surface area contributed by atoms with Crippen molar-refractivity contribution in [2.24, 2.45) is 5.41 Å². The molecule has 2 N–H and O–H groups in total. The molecule has 0 saturated carbocycles. The second-order valence-corrected chi connectivity index (χ2v) is 5.76. The molecule has 14 heavy (non-hydrogen) atoms. The van der Waals surface area contributed by atoms with Crippen LogP contribution in [0.5, 0.6) is 0 Å². The van der Waals surface area contributed by atoms with Gasteiger partial charge in [0.05, 0.1) is 0 Å². The maximum absolute atomic E-state index is 11.3. The maximum Gasteiger partial charge on any atom is 0.304 e. The van der Waals surface area contributed by atoms with Crippen molar-refractivity contribution in [3.05, 3.63) is 20.2 Å². The Morgan fingerprint density at radius 3 is 2.93 bits per heavy atom. The standard InChI is InChI=1S/C10H16N2OS/c1-10(2)4-6(11-3)8-7(5-10)12-9(13)14-8/h6,11H,4-5H2,1-3H3,(H,12,13). The van der Waals surface area contributed by atoms with Gasteiger partial charge in [-0.05, 0) is 25.3 Å². The highest BCUT2D eigenvalue weighted by Gasteiger charge is 2.33. The molecule has 0 spiro atoms. The molecule has 1 aliphatic rings. The van der Waals surface area contributed by atoms with Crippen LogP contribution in [-0.2, 0) is 6.42 Å². The number of rotatable bonds is 1. The molecule has 4 heteroatoms. The van der Waals surface area contributed by atoms with Crippen molar-refractivity contribution < 1.29 is 0 Å². The zero-order valence-corrected chi connectivity index (χ0v) is 9.62. The summed E-state index contributed by atoms with van der Waals surface area (Å²) in [4.78, 5) is 15.5. The Morgan fingerprint density at radius 1 is 1.57 bits per heavy atom. The van der Waals surface area contributed by atoms with E-state index in [0.717, 1.165) is 18.5 Å². The van der Waals surface area contributed by atoms with Gasteiger partial charge in [-0.25, -0.2) is 0 Å². The predicted octanol–water partition coefficient (Wildman–Crippen LogP) is 1.67. The molecular formula is C10H16N2OS. The molecule has 3 nitrogen and oxygen atoms in total. The summed E-state index contributed by atoms with van der Waals surface area (Å²) in [6, 6.07) is 0.345. The number of hydrogen-bond acceptors (Lipinski definition) is 3. The van der Waals surface area contributed by atoms with Crippen LogP contribution in [0.1, 0.15) is 36.9 Å². The lowest BCUT2D eigenvalue weighted by Gasteiger charge is -2.34. The summed E-state index contributed by atoms with van der Waals surface area (Å²) in [5.41, 5.74) is 1.42. The minimum absolute atomic E-state index is 0.0768. The summed E-state index contributed by atoms with van der Waals surface area (Å²) >= 11 is 1.35. The van der Waals surface area contributed by atoms with E-state index < -0.39 is 0 Å². The minimum Gasteiger partial charge on any atom is -0.316 e. The SMILES string of the molecule is CNC1CC(C)(C)Cc2[nH]c(=O)sc21. The summed E-state index contributed by atoms with van der Waals surface area (Å²) in [7, 11) is 1.96. The molecule has 1 heterocycles. The van der Waals surface area contributed by atoms with E-state index in [1.807, 2.05) is 7.05 Å². The van der Waals surface area contributed by atoms with Gasteiger partial charge in [0.25, 0.3) is 0 Å². The Morgan fingerprint density at radius 2 is 2.29 bits per heavy atom. The van der Waals surface area contributed by atoms with E-state index >= 15 is 0 Å². The van der Waals surface area contributed by atoms with Crippen LogP contribution >= 0.6 is 11.3 Å². The van der Waals surface area contributed by atoms with Crippen LogP contribution in [0.4, 0.5) is 0 Å². The van der Waals surface area contributed by atoms with Crippen LogP contribution in [0, 0.1) is 5.41 Å². The average molecular weight is 212 g/mol. The molecule has 1 unspecified atom stereocenters.